The number of aromatic nitrogens is 1. The van der Waals surface area contributed by atoms with Gasteiger partial charge < -0.3 is 14.6 Å². The topological polar surface area (TPSA) is 105 Å². The van der Waals surface area contributed by atoms with Crippen LogP contribution >= 0.6 is 11.3 Å². The Hall–Kier alpha value is -3.46. The van der Waals surface area contributed by atoms with Crippen LogP contribution in [-0.4, -0.2) is 34.2 Å². The number of thiazole rings is 1. The van der Waals surface area contributed by atoms with Gasteiger partial charge in [-0.15, -0.1) is 0 Å². The van der Waals surface area contributed by atoms with Crippen LogP contribution in [0.4, 0.5) is 10.8 Å². The molecule has 0 bridgehead atoms. The van der Waals surface area contributed by atoms with E-state index in [1.165, 1.54) is 24.5 Å². The molecule has 0 saturated heterocycles. The summed E-state index contributed by atoms with van der Waals surface area (Å²) in [6.07, 6.45) is 2.06. The number of fused-ring (bicyclic) bond motifs is 1. The zero-order valence-electron chi connectivity index (χ0n) is 15.6. The van der Waals surface area contributed by atoms with E-state index in [9.17, 15) is 14.4 Å². The standard InChI is InChI=1S/C20H18N4O4S/c1-12(25)21-14-6-4-13(5-7-14)19(27)24-9-8-15-17(11-24)29-20(22-15)23-18(26)16-3-2-10-28-16/h2-7,10H,8-9,11H2,1H3,(H,21,25)(H,22,23,26). The van der Waals surface area contributed by atoms with Gasteiger partial charge in [0.25, 0.3) is 11.8 Å². The minimum Gasteiger partial charge on any atom is -0.459 e. The highest BCUT2D eigenvalue weighted by atomic mass is 32.1. The highest BCUT2D eigenvalue weighted by Gasteiger charge is 2.25. The quantitative estimate of drug-likeness (QED) is 0.688. The second-order valence-corrected chi connectivity index (χ2v) is 7.64. The van der Waals surface area contributed by atoms with Gasteiger partial charge in [0.2, 0.25) is 5.91 Å². The molecule has 1 aliphatic rings. The Morgan fingerprint density at radius 1 is 1.14 bits per heavy atom. The van der Waals surface area contributed by atoms with Gasteiger partial charge in [0.1, 0.15) is 0 Å². The third-order valence-corrected chi connectivity index (χ3v) is 5.43. The van der Waals surface area contributed by atoms with Gasteiger partial charge in [-0.3, -0.25) is 19.7 Å². The maximum Gasteiger partial charge on any atom is 0.293 e. The number of carbonyl (C=O) groups excluding carboxylic acids is 3. The summed E-state index contributed by atoms with van der Waals surface area (Å²) >= 11 is 1.36. The fraction of sp³-hybridized carbons (Fsp3) is 0.200. The Kier molecular flexibility index (Phi) is 5.13. The number of amides is 3. The van der Waals surface area contributed by atoms with Crippen molar-refractivity contribution in [2.24, 2.45) is 0 Å². The van der Waals surface area contributed by atoms with Crippen molar-refractivity contribution in [3.8, 4) is 0 Å². The first-order valence-electron chi connectivity index (χ1n) is 9.00. The summed E-state index contributed by atoms with van der Waals surface area (Å²) in [5.74, 6) is -0.377. The molecule has 0 atom stereocenters. The molecule has 8 nitrogen and oxygen atoms in total. The molecule has 3 amide bonds. The van der Waals surface area contributed by atoms with E-state index in [0.717, 1.165) is 10.6 Å². The van der Waals surface area contributed by atoms with Gasteiger partial charge in [0.05, 0.1) is 18.5 Å². The van der Waals surface area contributed by atoms with E-state index in [1.54, 1.807) is 41.3 Å². The lowest BCUT2D eigenvalue weighted by atomic mass is 10.1. The van der Waals surface area contributed by atoms with Crippen molar-refractivity contribution in [3.05, 3.63) is 64.6 Å². The van der Waals surface area contributed by atoms with Crippen molar-refractivity contribution in [3.63, 3.8) is 0 Å². The Bertz CT molecular complexity index is 1060. The van der Waals surface area contributed by atoms with E-state index in [4.69, 9.17) is 4.42 Å². The Morgan fingerprint density at radius 2 is 1.93 bits per heavy atom. The predicted molar refractivity (Wildman–Crippen MR) is 108 cm³/mol. The molecule has 1 aromatic carbocycles. The molecule has 0 unspecified atom stereocenters. The average Bonchev–Trinajstić information content (AvgIpc) is 3.36. The molecule has 3 heterocycles. The first kappa shape index (κ1) is 18.9. The van der Waals surface area contributed by atoms with Crippen LogP contribution in [0.3, 0.4) is 0 Å². The van der Waals surface area contributed by atoms with Crippen molar-refractivity contribution in [1.82, 2.24) is 9.88 Å². The Labute approximate surface area is 170 Å². The molecule has 0 saturated carbocycles. The molecule has 0 radical (unpaired) electrons. The summed E-state index contributed by atoms with van der Waals surface area (Å²) in [7, 11) is 0. The molecule has 0 spiro atoms. The average molecular weight is 410 g/mol. The summed E-state index contributed by atoms with van der Waals surface area (Å²) < 4.78 is 5.09. The van der Waals surface area contributed by atoms with Crippen LogP contribution in [0.15, 0.2) is 47.1 Å². The molecule has 4 rings (SSSR count). The van der Waals surface area contributed by atoms with E-state index in [-0.39, 0.29) is 23.5 Å². The number of nitrogens with one attached hydrogen (secondary N) is 2. The number of hydrogen-bond acceptors (Lipinski definition) is 6. The molecule has 3 aromatic rings. The van der Waals surface area contributed by atoms with Crippen LogP contribution in [0.25, 0.3) is 0 Å². The second kappa shape index (κ2) is 7.88. The summed E-state index contributed by atoms with van der Waals surface area (Å²) in [6, 6.07) is 10.0. The SMILES string of the molecule is CC(=O)Nc1ccc(C(=O)N2CCc3nc(NC(=O)c4ccco4)sc3C2)cc1. The predicted octanol–water partition coefficient (Wildman–Crippen LogP) is 3.15. The number of anilines is 2. The van der Waals surface area contributed by atoms with Crippen LogP contribution in [0.1, 0.15) is 38.4 Å². The van der Waals surface area contributed by atoms with Gasteiger partial charge in [-0.25, -0.2) is 4.98 Å². The molecule has 1 aliphatic heterocycles. The number of hydrogen-bond donors (Lipinski definition) is 2. The van der Waals surface area contributed by atoms with Crippen LogP contribution in [0.5, 0.6) is 0 Å². The molecule has 2 aromatic heterocycles. The molecule has 0 fully saturated rings. The number of rotatable bonds is 4. The van der Waals surface area contributed by atoms with Gasteiger partial charge in [-0.2, -0.15) is 0 Å². The van der Waals surface area contributed by atoms with Crippen LogP contribution in [0.2, 0.25) is 0 Å². The van der Waals surface area contributed by atoms with E-state index in [0.29, 0.717) is 35.9 Å². The maximum atomic E-state index is 12.8. The summed E-state index contributed by atoms with van der Waals surface area (Å²) in [5, 5.41) is 5.91. The summed E-state index contributed by atoms with van der Waals surface area (Å²) in [4.78, 5) is 43.2. The first-order chi connectivity index (χ1) is 14.0. The molecule has 148 valence electrons. The highest BCUT2D eigenvalue weighted by molar-refractivity contribution is 7.15. The molecule has 2 N–H and O–H groups in total. The van der Waals surface area contributed by atoms with Crippen molar-refractivity contribution in [1.29, 1.82) is 0 Å². The first-order valence-corrected chi connectivity index (χ1v) is 9.81. The van der Waals surface area contributed by atoms with Crippen molar-refractivity contribution >= 4 is 39.9 Å². The molecule has 29 heavy (non-hydrogen) atoms. The minimum atomic E-state index is -0.353. The van der Waals surface area contributed by atoms with E-state index >= 15 is 0 Å². The smallest absolute Gasteiger partial charge is 0.293 e. The van der Waals surface area contributed by atoms with Gasteiger partial charge in [-0.1, -0.05) is 11.3 Å². The van der Waals surface area contributed by atoms with Gasteiger partial charge >= 0.3 is 0 Å². The highest BCUT2D eigenvalue weighted by Crippen LogP contribution is 2.29. The molecule has 9 heteroatoms. The normalized spacial score (nSPS) is 12.9. The third kappa shape index (κ3) is 4.19. The van der Waals surface area contributed by atoms with E-state index in [2.05, 4.69) is 15.6 Å². The van der Waals surface area contributed by atoms with Crippen LogP contribution in [-0.2, 0) is 17.8 Å². The minimum absolute atomic E-state index is 0.0837. The Balaban J connectivity index is 1.43. The van der Waals surface area contributed by atoms with E-state index in [1.807, 2.05) is 0 Å². The number of benzene rings is 1. The summed E-state index contributed by atoms with van der Waals surface area (Å²) in [5.41, 5.74) is 2.10. The zero-order valence-corrected chi connectivity index (χ0v) is 16.4. The Morgan fingerprint density at radius 3 is 2.62 bits per heavy atom. The third-order valence-electron chi connectivity index (χ3n) is 4.44. The van der Waals surface area contributed by atoms with Crippen molar-refractivity contribution < 1.29 is 18.8 Å². The van der Waals surface area contributed by atoms with Crippen molar-refractivity contribution in [2.45, 2.75) is 19.9 Å². The lowest BCUT2D eigenvalue weighted by molar-refractivity contribution is -0.114. The maximum absolute atomic E-state index is 12.8. The van der Waals surface area contributed by atoms with Gasteiger partial charge in [0, 0.05) is 36.0 Å². The summed E-state index contributed by atoms with van der Waals surface area (Å²) in [6.45, 7) is 2.43. The molecular formula is C20H18N4O4S. The molecule has 0 aliphatic carbocycles. The lowest BCUT2D eigenvalue weighted by Crippen LogP contribution is -2.35. The van der Waals surface area contributed by atoms with Crippen LogP contribution < -0.4 is 10.6 Å². The van der Waals surface area contributed by atoms with Crippen molar-refractivity contribution in [2.75, 3.05) is 17.2 Å². The molecular weight excluding hydrogens is 392 g/mol. The fourth-order valence-electron chi connectivity index (χ4n) is 3.07. The number of furan rings is 1. The monoisotopic (exact) mass is 410 g/mol. The zero-order chi connectivity index (χ0) is 20.4. The number of carbonyl (C=O) groups is 3. The van der Waals surface area contributed by atoms with Gasteiger partial charge in [0.15, 0.2) is 10.9 Å². The second-order valence-electron chi connectivity index (χ2n) is 6.56. The van der Waals surface area contributed by atoms with Gasteiger partial charge in [-0.05, 0) is 36.4 Å². The number of nitrogens with zero attached hydrogens (tertiary/aromatic N) is 2. The van der Waals surface area contributed by atoms with Crippen LogP contribution in [0, 0.1) is 0 Å². The lowest BCUT2D eigenvalue weighted by Gasteiger charge is -2.26. The fourth-order valence-corrected chi connectivity index (χ4v) is 4.09. The van der Waals surface area contributed by atoms with E-state index < -0.39 is 0 Å². The largest absolute Gasteiger partial charge is 0.459 e.